The highest BCUT2D eigenvalue weighted by Crippen LogP contribution is 2.33. The zero-order valence-corrected chi connectivity index (χ0v) is 12.9. The van der Waals surface area contributed by atoms with E-state index in [9.17, 15) is 0 Å². The molecule has 0 aliphatic heterocycles. The number of fused-ring (bicyclic) bond motifs is 1. The van der Waals surface area contributed by atoms with Crippen molar-refractivity contribution in [2.24, 2.45) is 5.73 Å². The van der Waals surface area contributed by atoms with Gasteiger partial charge >= 0.3 is 0 Å². The van der Waals surface area contributed by atoms with Crippen LogP contribution < -0.4 is 5.73 Å². The fraction of sp³-hybridized carbons (Fsp3) is 0.214. The second kappa shape index (κ2) is 5.07. The molecule has 0 aromatic carbocycles. The average Bonchev–Trinajstić information content (AvgIpc) is 3.03. The maximum atomic E-state index is 5.87. The summed E-state index contributed by atoms with van der Waals surface area (Å²) in [6.45, 7) is 2.75. The number of hydrogen-bond acceptors (Lipinski definition) is 3. The highest BCUT2D eigenvalue weighted by molar-refractivity contribution is 9.10. The number of imidazole rings is 1. The maximum absolute atomic E-state index is 5.87. The van der Waals surface area contributed by atoms with Crippen LogP contribution in [0.2, 0.25) is 0 Å². The van der Waals surface area contributed by atoms with Crippen LogP contribution in [0.3, 0.4) is 0 Å². The molecule has 0 amide bonds. The zero-order valence-electron chi connectivity index (χ0n) is 10.5. The molecule has 1 atom stereocenters. The fourth-order valence-corrected chi connectivity index (χ4v) is 3.27. The van der Waals surface area contributed by atoms with Gasteiger partial charge in [0.05, 0.1) is 10.6 Å². The molecular weight excluding hydrogens is 322 g/mol. The first-order chi connectivity index (χ1) is 9.20. The molecule has 5 heteroatoms. The standard InChI is InChI=1S/C14H14BrN3S/c1-9(7-16)14-13(11-3-2-6-19-11)17-12-5-4-10(15)8-18(12)14/h2-6,8-9H,7,16H2,1H3. The maximum Gasteiger partial charge on any atom is 0.137 e. The van der Waals surface area contributed by atoms with Gasteiger partial charge in [-0.25, -0.2) is 4.98 Å². The van der Waals surface area contributed by atoms with Gasteiger partial charge in [-0.1, -0.05) is 13.0 Å². The summed E-state index contributed by atoms with van der Waals surface area (Å²) in [5, 5.41) is 2.08. The highest BCUT2D eigenvalue weighted by atomic mass is 79.9. The second-order valence-electron chi connectivity index (χ2n) is 4.54. The molecule has 0 spiro atoms. The Morgan fingerprint density at radius 2 is 2.26 bits per heavy atom. The number of nitrogens with two attached hydrogens (primary N) is 1. The molecule has 0 saturated carbocycles. The lowest BCUT2D eigenvalue weighted by Crippen LogP contribution is -2.11. The predicted molar refractivity (Wildman–Crippen MR) is 83.7 cm³/mol. The molecule has 0 fully saturated rings. The van der Waals surface area contributed by atoms with E-state index in [4.69, 9.17) is 10.7 Å². The van der Waals surface area contributed by atoms with Crippen molar-refractivity contribution >= 4 is 32.9 Å². The van der Waals surface area contributed by atoms with Gasteiger partial charge in [-0.15, -0.1) is 11.3 Å². The second-order valence-corrected chi connectivity index (χ2v) is 6.40. The van der Waals surface area contributed by atoms with Gasteiger partial charge in [-0.2, -0.15) is 0 Å². The number of halogens is 1. The van der Waals surface area contributed by atoms with E-state index in [1.54, 1.807) is 11.3 Å². The first kappa shape index (κ1) is 12.8. The molecule has 3 heterocycles. The third-order valence-corrected chi connectivity index (χ3v) is 4.54. The van der Waals surface area contributed by atoms with E-state index in [-0.39, 0.29) is 5.92 Å². The lowest BCUT2D eigenvalue weighted by Gasteiger charge is -2.10. The zero-order chi connectivity index (χ0) is 13.4. The first-order valence-electron chi connectivity index (χ1n) is 6.12. The van der Waals surface area contributed by atoms with Gasteiger partial charge in [0.15, 0.2) is 0 Å². The Morgan fingerprint density at radius 3 is 2.95 bits per heavy atom. The van der Waals surface area contributed by atoms with Crippen LogP contribution in [0, 0.1) is 0 Å². The van der Waals surface area contributed by atoms with Gasteiger partial charge < -0.3 is 10.1 Å². The molecular formula is C14H14BrN3S. The molecule has 98 valence electrons. The van der Waals surface area contributed by atoms with Gasteiger partial charge in [0.2, 0.25) is 0 Å². The van der Waals surface area contributed by atoms with Crippen LogP contribution in [0.5, 0.6) is 0 Å². The minimum atomic E-state index is 0.265. The largest absolute Gasteiger partial charge is 0.330 e. The molecule has 19 heavy (non-hydrogen) atoms. The summed E-state index contributed by atoms with van der Waals surface area (Å²) in [6, 6.07) is 8.19. The summed E-state index contributed by atoms with van der Waals surface area (Å²) in [4.78, 5) is 5.95. The van der Waals surface area contributed by atoms with E-state index in [1.165, 1.54) is 10.6 Å². The molecule has 3 rings (SSSR count). The summed E-state index contributed by atoms with van der Waals surface area (Å²) in [5.74, 6) is 0.265. The van der Waals surface area contributed by atoms with Crippen molar-refractivity contribution in [1.29, 1.82) is 0 Å². The Labute approximate surface area is 124 Å². The monoisotopic (exact) mass is 335 g/mol. The molecule has 0 aliphatic rings. The lowest BCUT2D eigenvalue weighted by atomic mass is 10.1. The van der Waals surface area contributed by atoms with Gasteiger partial charge in [0.1, 0.15) is 11.3 Å². The Morgan fingerprint density at radius 1 is 1.42 bits per heavy atom. The Bertz CT molecular complexity index is 703. The van der Waals surface area contributed by atoms with Crippen molar-refractivity contribution in [1.82, 2.24) is 9.38 Å². The molecule has 3 nitrogen and oxygen atoms in total. The molecule has 0 bridgehead atoms. The summed E-state index contributed by atoms with van der Waals surface area (Å²) in [5.41, 5.74) is 9.05. The van der Waals surface area contributed by atoms with Gasteiger partial charge in [0, 0.05) is 23.1 Å². The molecule has 0 aliphatic carbocycles. The van der Waals surface area contributed by atoms with Crippen LogP contribution in [0.15, 0.2) is 40.3 Å². The van der Waals surface area contributed by atoms with Crippen LogP contribution >= 0.6 is 27.3 Å². The van der Waals surface area contributed by atoms with Crippen molar-refractivity contribution in [3.05, 3.63) is 46.0 Å². The number of rotatable bonds is 3. The quantitative estimate of drug-likeness (QED) is 0.789. The normalized spacial score (nSPS) is 13.0. The van der Waals surface area contributed by atoms with Crippen LogP contribution in [0.25, 0.3) is 16.2 Å². The molecule has 2 N–H and O–H groups in total. The van der Waals surface area contributed by atoms with Gasteiger partial charge in [-0.3, -0.25) is 0 Å². The summed E-state index contributed by atoms with van der Waals surface area (Å²) in [7, 11) is 0. The lowest BCUT2D eigenvalue weighted by molar-refractivity contribution is 0.738. The number of nitrogens with zero attached hydrogens (tertiary/aromatic N) is 2. The molecule has 0 saturated heterocycles. The molecule has 0 radical (unpaired) electrons. The van der Waals surface area contributed by atoms with Crippen molar-refractivity contribution < 1.29 is 0 Å². The van der Waals surface area contributed by atoms with Crippen molar-refractivity contribution in [3.63, 3.8) is 0 Å². The topological polar surface area (TPSA) is 43.3 Å². The van der Waals surface area contributed by atoms with Crippen molar-refractivity contribution in [3.8, 4) is 10.6 Å². The smallest absolute Gasteiger partial charge is 0.137 e. The van der Waals surface area contributed by atoms with Gasteiger partial charge in [-0.05, 0) is 39.5 Å². The average molecular weight is 336 g/mol. The third kappa shape index (κ3) is 2.22. The summed E-state index contributed by atoms with van der Waals surface area (Å²) < 4.78 is 3.18. The van der Waals surface area contributed by atoms with Crippen LogP contribution in [0.1, 0.15) is 18.5 Å². The first-order valence-corrected chi connectivity index (χ1v) is 7.79. The van der Waals surface area contributed by atoms with Crippen LogP contribution in [0.4, 0.5) is 0 Å². The number of hydrogen-bond donors (Lipinski definition) is 1. The summed E-state index contributed by atoms with van der Waals surface area (Å²) >= 11 is 5.23. The third-order valence-electron chi connectivity index (χ3n) is 3.19. The Balaban J connectivity index is 2.32. The van der Waals surface area contributed by atoms with E-state index in [0.29, 0.717) is 6.54 Å². The van der Waals surface area contributed by atoms with Crippen molar-refractivity contribution in [2.75, 3.05) is 6.54 Å². The number of aromatic nitrogens is 2. The number of pyridine rings is 1. The predicted octanol–water partition coefficient (Wildman–Crippen LogP) is 3.89. The summed E-state index contributed by atoms with van der Waals surface area (Å²) in [6.07, 6.45) is 2.06. The number of thiophene rings is 1. The fourth-order valence-electron chi connectivity index (χ4n) is 2.21. The molecule has 3 aromatic rings. The van der Waals surface area contributed by atoms with Gasteiger partial charge in [0.25, 0.3) is 0 Å². The van der Waals surface area contributed by atoms with E-state index in [1.807, 2.05) is 12.1 Å². The highest BCUT2D eigenvalue weighted by Gasteiger charge is 2.19. The van der Waals surface area contributed by atoms with Crippen molar-refractivity contribution in [2.45, 2.75) is 12.8 Å². The molecule has 1 unspecified atom stereocenters. The Kier molecular flexibility index (Phi) is 3.43. The van der Waals surface area contributed by atoms with Crippen LogP contribution in [-0.2, 0) is 0 Å². The SMILES string of the molecule is CC(CN)c1c(-c2cccs2)nc2ccc(Br)cn12. The van der Waals surface area contributed by atoms with E-state index < -0.39 is 0 Å². The molecule has 3 aromatic heterocycles. The Hall–Kier alpha value is -1.17. The van der Waals surface area contributed by atoms with Crippen LogP contribution in [-0.4, -0.2) is 15.9 Å². The minimum Gasteiger partial charge on any atom is -0.330 e. The van der Waals surface area contributed by atoms with E-state index in [2.05, 4.69) is 51.0 Å². The minimum absolute atomic E-state index is 0.265. The van der Waals surface area contributed by atoms with E-state index in [0.717, 1.165) is 15.8 Å². The van der Waals surface area contributed by atoms with E-state index >= 15 is 0 Å².